The van der Waals surface area contributed by atoms with Crippen molar-refractivity contribution in [3.05, 3.63) is 151 Å². The molecule has 14 heteroatoms. The molecule has 2 aromatic heterocycles. The van der Waals surface area contributed by atoms with E-state index >= 15 is 0 Å². The number of hydrogen-bond acceptors (Lipinski definition) is 6. The summed E-state index contributed by atoms with van der Waals surface area (Å²) < 4.78 is 67.2. The SMILES string of the molecule is CCCCCCCCCCCCc1cc(-c2ccc(/C(=C/C=Nc3ccc(I)cc3)OB(F)F)cc2)sc1-c1sc(-c2ccc(/C(=C/C=Nc3ccc(I)cc3)OB(F)F)cc2)cc1CCCCCCCCCCCC. The average molecular weight is 1290 g/mol. The van der Waals surface area contributed by atoms with Crippen LogP contribution in [0.1, 0.15) is 165 Å². The van der Waals surface area contributed by atoms with Crippen LogP contribution in [-0.2, 0) is 22.2 Å². The van der Waals surface area contributed by atoms with Crippen LogP contribution < -0.4 is 0 Å². The van der Waals surface area contributed by atoms with Crippen molar-refractivity contribution in [1.82, 2.24) is 0 Å². The lowest BCUT2D eigenvalue weighted by atomic mass is 10.00. The summed E-state index contributed by atoms with van der Waals surface area (Å²) in [6, 6.07) is 35.3. The fourth-order valence-electron chi connectivity index (χ4n) is 9.14. The molecule has 0 atom stereocenters. The van der Waals surface area contributed by atoms with Crippen LogP contribution in [0.4, 0.5) is 28.6 Å². The molecule has 0 aliphatic rings. The van der Waals surface area contributed by atoms with Gasteiger partial charge in [-0.05, 0) is 166 Å². The quantitative estimate of drug-likeness (QED) is 0.00994. The van der Waals surface area contributed by atoms with E-state index in [0.29, 0.717) is 22.5 Å². The second-order valence-electron chi connectivity index (χ2n) is 19.3. The standard InChI is InChI=1S/C62H72B2F4I2N2O2S2/c1-3-5-7-9-11-13-15-17-19-21-23-51-45-59(49-29-25-47(26-30-49)57(73-63(65)66)41-43-71-55-37-33-53(69)34-38-55)75-61(51)62-52(24-22-20-18-16-14-12-10-8-6-4-2)46-60(76-62)50-31-27-48(28-32-50)58(74-64(67)68)42-44-72-56-39-35-54(70)36-40-56/h25-46H,3-24H2,1-2H3/b57-41-,58-42-,71-43?,72-44?. The van der Waals surface area contributed by atoms with Gasteiger partial charge in [0.15, 0.2) is 0 Å². The summed E-state index contributed by atoms with van der Waals surface area (Å²) in [5.74, 6) is 0.0845. The third-order valence-corrected chi connectivity index (χ3v) is 17.4. The molecule has 4 nitrogen and oxygen atoms in total. The fraction of sp³-hybridized carbons (Fsp3) is 0.387. The molecule has 6 aromatic rings. The number of hydrogen-bond donors (Lipinski definition) is 0. The van der Waals surface area contributed by atoms with Crippen LogP contribution in [0.15, 0.2) is 131 Å². The maximum atomic E-state index is 13.7. The Bertz CT molecular complexity index is 2540. The number of aliphatic imine (C=N–C) groups is 2. The molecule has 0 N–H and O–H groups in total. The van der Waals surface area contributed by atoms with Gasteiger partial charge in [0.2, 0.25) is 0 Å². The van der Waals surface area contributed by atoms with E-state index in [1.165, 1.54) is 161 Å². The molecule has 0 aliphatic heterocycles. The van der Waals surface area contributed by atoms with Gasteiger partial charge in [0.05, 0.1) is 11.4 Å². The topological polar surface area (TPSA) is 43.2 Å². The molecule has 6 rings (SSSR count). The molecule has 0 bridgehead atoms. The lowest BCUT2D eigenvalue weighted by molar-refractivity contribution is 0.395. The van der Waals surface area contributed by atoms with Gasteiger partial charge in [0.25, 0.3) is 0 Å². The minimum Gasteiger partial charge on any atom is -0.505 e. The number of unbranched alkanes of at least 4 members (excludes halogenated alkanes) is 18. The van der Waals surface area contributed by atoms with E-state index in [0.717, 1.165) is 53.7 Å². The predicted octanol–water partition coefficient (Wildman–Crippen LogP) is 22.3. The Morgan fingerprint density at radius 1 is 0.447 bits per heavy atom. The average Bonchev–Trinajstić information content (AvgIpc) is 4.05. The smallest absolute Gasteiger partial charge is 0.505 e. The molecule has 0 aliphatic carbocycles. The summed E-state index contributed by atoms with van der Waals surface area (Å²) in [6.07, 6.45) is 33.2. The predicted molar refractivity (Wildman–Crippen MR) is 338 cm³/mol. The summed E-state index contributed by atoms with van der Waals surface area (Å²) >= 11 is 8.06. The highest BCUT2D eigenvalue weighted by Gasteiger charge is 2.23. The Kier molecular flexibility index (Phi) is 28.0. The number of allylic oxidation sites excluding steroid dienone is 2. The van der Waals surface area contributed by atoms with Gasteiger partial charge >= 0.3 is 14.9 Å². The van der Waals surface area contributed by atoms with Crippen molar-refractivity contribution in [2.75, 3.05) is 0 Å². The molecule has 0 saturated carbocycles. The van der Waals surface area contributed by atoms with Crippen molar-refractivity contribution in [2.24, 2.45) is 9.98 Å². The summed E-state index contributed by atoms with van der Waals surface area (Å²) in [6.45, 7) is 4.53. The highest BCUT2D eigenvalue weighted by Crippen LogP contribution is 2.47. The van der Waals surface area contributed by atoms with Gasteiger partial charge < -0.3 is 9.31 Å². The molecule has 2 heterocycles. The second kappa shape index (κ2) is 34.8. The summed E-state index contributed by atoms with van der Waals surface area (Å²) in [4.78, 5) is 13.7. The van der Waals surface area contributed by atoms with Gasteiger partial charge in [-0.2, -0.15) is 0 Å². The molecule has 0 unspecified atom stereocenters. The van der Waals surface area contributed by atoms with Crippen molar-refractivity contribution >= 4 is 118 Å². The zero-order chi connectivity index (χ0) is 53.7. The van der Waals surface area contributed by atoms with Gasteiger partial charge in [0, 0.05) is 50.2 Å². The lowest BCUT2D eigenvalue weighted by Gasteiger charge is -2.08. The Labute approximate surface area is 487 Å². The largest absolute Gasteiger partial charge is 0.796 e. The maximum Gasteiger partial charge on any atom is 0.796 e. The number of aryl methyl sites for hydroxylation is 2. The van der Waals surface area contributed by atoms with Gasteiger partial charge in [-0.3, -0.25) is 9.98 Å². The number of rotatable bonds is 35. The second-order valence-corrected chi connectivity index (χ2v) is 23.9. The molecule has 4 aromatic carbocycles. The minimum absolute atomic E-state index is 0.0422. The Morgan fingerprint density at radius 3 is 1.08 bits per heavy atom. The number of benzene rings is 4. The molecule has 0 amide bonds. The molecule has 0 radical (unpaired) electrons. The van der Waals surface area contributed by atoms with E-state index < -0.39 is 14.9 Å². The van der Waals surface area contributed by atoms with Crippen LogP contribution in [0.2, 0.25) is 0 Å². The van der Waals surface area contributed by atoms with Gasteiger partial charge in [-0.15, -0.1) is 22.7 Å². The molecule has 0 saturated heterocycles. The van der Waals surface area contributed by atoms with Crippen LogP contribution in [-0.4, -0.2) is 27.4 Å². The monoisotopic (exact) mass is 1290 g/mol. The first-order chi connectivity index (χ1) is 37.1. The zero-order valence-corrected chi connectivity index (χ0v) is 50.2. The minimum atomic E-state index is -2.99. The van der Waals surface area contributed by atoms with Crippen LogP contribution in [0.5, 0.6) is 0 Å². The Balaban J connectivity index is 1.29. The molecule has 0 fully saturated rings. The van der Waals surface area contributed by atoms with E-state index in [4.69, 9.17) is 9.31 Å². The molecular weight excluding hydrogens is 1220 g/mol. The molecular formula is C62H72B2F4I2N2O2S2. The molecule has 0 spiro atoms. The van der Waals surface area contributed by atoms with Crippen LogP contribution in [0.25, 0.3) is 42.2 Å². The number of halogens is 6. The van der Waals surface area contributed by atoms with Gasteiger partial charge in [0.1, 0.15) is 11.5 Å². The zero-order valence-electron chi connectivity index (χ0n) is 44.2. The van der Waals surface area contributed by atoms with Crippen molar-refractivity contribution in [2.45, 2.75) is 155 Å². The molecule has 76 heavy (non-hydrogen) atoms. The van der Waals surface area contributed by atoms with E-state index in [9.17, 15) is 17.3 Å². The van der Waals surface area contributed by atoms with Crippen LogP contribution in [0, 0.1) is 7.14 Å². The van der Waals surface area contributed by atoms with E-state index in [2.05, 4.69) is 81.1 Å². The summed E-state index contributed by atoms with van der Waals surface area (Å²) in [7, 11) is -5.98. The van der Waals surface area contributed by atoms with Crippen molar-refractivity contribution in [1.29, 1.82) is 0 Å². The third-order valence-electron chi connectivity index (χ3n) is 13.3. The first kappa shape index (κ1) is 61.2. The fourth-order valence-corrected chi connectivity index (χ4v) is 12.5. The highest BCUT2D eigenvalue weighted by atomic mass is 127. The van der Waals surface area contributed by atoms with Crippen LogP contribution in [0.3, 0.4) is 0 Å². The number of nitrogens with zero attached hydrogens (tertiary/aromatic N) is 2. The number of thiophene rings is 2. The van der Waals surface area contributed by atoms with Crippen molar-refractivity contribution in [3.63, 3.8) is 0 Å². The van der Waals surface area contributed by atoms with E-state index in [1.54, 1.807) is 22.7 Å². The Morgan fingerprint density at radius 2 is 0.763 bits per heavy atom. The third kappa shape index (κ3) is 21.7. The Hall–Kier alpha value is -3.99. The van der Waals surface area contributed by atoms with Crippen molar-refractivity contribution < 1.29 is 26.6 Å². The maximum absolute atomic E-state index is 13.7. The molecule has 402 valence electrons. The van der Waals surface area contributed by atoms with Crippen LogP contribution >= 0.6 is 67.9 Å². The van der Waals surface area contributed by atoms with E-state index in [1.807, 2.05) is 97.1 Å². The highest BCUT2D eigenvalue weighted by molar-refractivity contribution is 14.1. The van der Waals surface area contributed by atoms with Crippen molar-refractivity contribution in [3.8, 4) is 30.6 Å². The van der Waals surface area contributed by atoms with E-state index in [-0.39, 0.29) is 11.5 Å². The van der Waals surface area contributed by atoms with Gasteiger partial charge in [-0.25, -0.2) is 17.3 Å². The first-order valence-corrected chi connectivity index (χ1v) is 31.3. The summed E-state index contributed by atoms with van der Waals surface area (Å²) in [5, 5.41) is 0. The first-order valence-electron chi connectivity index (χ1n) is 27.5. The lowest BCUT2D eigenvalue weighted by Crippen LogP contribution is -2.04. The van der Waals surface area contributed by atoms with Gasteiger partial charge in [-0.1, -0.05) is 178 Å². The summed E-state index contributed by atoms with van der Waals surface area (Å²) in [5.41, 5.74) is 7.18. The normalized spacial score (nSPS) is 12.1.